The van der Waals surface area contributed by atoms with Gasteiger partial charge in [-0.3, -0.25) is 9.78 Å². The summed E-state index contributed by atoms with van der Waals surface area (Å²) in [5, 5.41) is 7.61. The highest BCUT2D eigenvalue weighted by atomic mass is 35.5. The summed E-state index contributed by atoms with van der Waals surface area (Å²) < 4.78 is 0. The topological polar surface area (TPSA) is 54.0 Å². The Morgan fingerprint density at radius 2 is 2.40 bits per heavy atom. The van der Waals surface area contributed by atoms with E-state index < -0.39 is 0 Å². The fourth-order valence-corrected chi connectivity index (χ4v) is 2.92. The van der Waals surface area contributed by atoms with Crippen LogP contribution in [0.25, 0.3) is 10.9 Å². The molecule has 0 bridgehead atoms. The van der Waals surface area contributed by atoms with Gasteiger partial charge in [0, 0.05) is 18.1 Å². The number of pyridine rings is 1. The van der Waals surface area contributed by atoms with Gasteiger partial charge in [-0.15, -0.1) is 0 Å². The van der Waals surface area contributed by atoms with Crippen LogP contribution < -0.4 is 10.6 Å². The summed E-state index contributed by atoms with van der Waals surface area (Å²) in [5.74, 6) is 0.0324. The molecule has 0 radical (unpaired) electrons. The lowest BCUT2D eigenvalue weighted by Gasteiger charge is -2.14. The Morgan fingerprint density at radius 1 is 1.55 bits per heavy atom. The first kappa shape index (κ1) is 13.3. The second-order valence-corrected chi connectivity index (χ2v) is 5.54. The van der Waals surface area contributed by atoms with Crippen molar-refractivity contribution >= 4 is 34.1 Å². The number of amides is 1. The van der Waals surface area contributed by atoms with E-state index in [1.807, 2.05) is 25.1 Å². The molecule has 3 rings (SSSR count). The van der Waals surface area contributed by atoms with E-state index in [0.29, 0.717) is 10.7 Å². The number of halogens is 1. The number of fused-ring (bicyclic) bond motifs is 1. The van der Waals surface area contributed by atoms with Crippen molar-refractivity contribution in [1.29, 1.82) is 0 Å². The van der Waals surface area contributed by atoms with Crippen molar-refractivity contribution in [2.24, 2.45) is 5.92 Å². The van der Waals surface area contributed by atoms with Crippen LogP contribution in [0.5, 0.6) is 0 Å². The van der Waals surface area contributed by atoms with Crippen molar-refractivity contribution < 1.29 is 4.79 Å². The van der Waals surface area contributed by atoms with Crippen LogP contribution in [-0.4, -0.2) is 24.0 Å². The van der Waals surface area contributed by atoms with Crippen LogP contribution in [0.15, 0.2) is 24.4 Å². The molecule has 1 unspecified atom stereocenters. The van der Waals surface area contributed by atoms with Crippen molar-refractivity contribution in [3.05, 3.63) is 35.0 Å². The van der Waals surface area contributed by atoms with Crippen LogP contribution >= 0.6 is 11.6 Å². The largest absolute Gasteiger partial charge is 0.324 e. The first-order valence-electron chi connectivity index (χ1n) is 6.72. The molecule has 0 aliphatic carbocycles. The number of nitrogens with zero attached hydrogens (tertiary/aromatic N) is 1. The Hall–Kier alpha value is -1.65. The highest BCUT2D eigenvalue weighted by Crippen LogP contribution is 2.33. The number of carbonyl (C=O) groups is 1. The number of anilines is 1. The van der Waals surface area contributed by atoms with E-state index in [9.17, 15) is 4.79 Å². The van der Waals surface area contributed by atoms with E-state index in [1.165, 1.54) is 0 Å². The third-order valence-electron chi connectivity index (χ3n) is 3.71. The molecule has 1 aromatic heterocycles. The Balaban J connectivity index is 2.00. The number of benzene rings is 1. The van der Waals surface area contributed by atoms with Crippen molar-refractivity contribution in [2.75, 3.05) is 18.4 Å². The Morgan fingerprint density at radius 3 is 3.15 bits per heavy atom. The molecule has 0 saturated carbocycles. The summed E-state index contributed by atoms with van der Waals surface area (Å²) in [6.07, 6.45) is 2.61. The number of aromatic nitrogens is 1. The van der Waals surface area contributed by atoms with E-state index in [2.05, 4.69) is 15.6 Å². The number of rotatable bonds is 2. The van der Waals surface area contributed by atoms with Crippen LogP contribution in [0.3, 0.4) is 0 Å². The maximum absolute atomic E-state index is 12.3. The van der Waals surface area contributed by atoms with Gasteiger partial charge >= 0.3 is 0 Å². The molecule has 1 amide bonds. The fourth-order valence-electron chi connectivity index (χ4n) is 2.61. The summed E-state index contributed by atoms with van der Waals surface area (Å²) in [4.78, 5) is 16.6. The summed E-state index contributed by atoms with van der Waals surface area (Å²) >= 11 is 6.30. The third-order valence-corrected chi connectivity index (χ3v) is 4.01. The number of aryl methyl sites for hydroxylation is 1. The second kappa shape index (κ2) is 5.38. The molecule has 5 heteroatoms. The SMILES string of the molecule is Cc1cc(Cl)c(NC(=O)C2CCNC2)c2cccnc12. The van der Waals surface area contributed by atoms with E-state index in [4.69, 9.17) is 11.6 Å². The van der Waals surface area contributed by atoms with Gasteiger partial charge in [-0.1, -0.05) is 11.6 Å². The number of nitrogens with one attached hydrogen (secondary N) is 2. The molecule has 1 aliphatic rings. The van der Waals surface area contributed by atoms with Gasteiger partial charge < -0.3 is 10.6 Å². The third kappa shape index (κ3) is 2.37. The van der Waals surface area contributed by atoms with Crippen molar-refractivity contribution in [2.45, 2.75) is 13.3 Å². The maximum atomic E-state index is 12.3. The molecule has 104 valence electrons. The van der Waals surface area contributed by atoms with E-state index in [1.54, 1.807) is 6.20 Å². The molecule has 1 fully saturated rings. The van der Waals surface area contributed by atoms with Crippen LogP contribution in [0.2, 0.25) is 5.02 Å². The van der Waals surface area contributed by atoms with Crippen LogP contribution in [0.1, 0.15) is 12.0 Å². The first-order chi connectivity index (χ1) is 9.66. The molecule has 1 saturated heterocycles. The van der Waals surface area contributed by atoms with Crippen molar-refractivity contribution in [3.63, 3.8) is 0 Å². The number of hydrogen-bond donors (Lipinski definition) is 2. The van der Waals surface area contributed by atoms with Crippen LogP contribution in [0, 0.1) is 12.8 Å². The molecule has 4 nitrogen and oxygen atoms in total. The molecule has 1 aliphatic heterocycles. The van der Waals surface area contributed by atoms with Gasteiger partial charge in [0.05, 0.1) is 22.1 Å². The Labute approximate surface area is 122 Å². The lowest BCUT2D eigenvalue weighted by Crippen LogP contribution is -2.24. The summed E-state index contributed by atoms with van der Waals surface area (Å²) in [5.41, 5.74) is 2.54. The minimum absolute atomic E-state index is 0.0130. The first-order valence-corrected chi connectivity index (χ1v) is 7.10. The average molecular weight is 290 g/mol. The minimum atomic E-state index is 0.0130. The van der Waals surface area contributed by atoms with E-state index in [-0.39, 0.29) is 11.8 Å². The van der Waals surface area contributed by atoms with Crippen LogP contribution in [-0.2, 0) is 4.79 Å². The maximum Gasteiger partial charge on any atom is 0.228 e. The van der Waals surface area contributed by atoms with E-state index >= 15 is 0 Å². The Kier molecular flexibility index (Phi) is 3.59. The quantitative estimate of drug-likeness (QED) is 0.894. The van der Waals surface area contributed by atoms with Gasteiger partial charge in [-0.25, -0.2) is 0 Å². The average Bonchev–Trinajstić information content (AvgIpc) is 2.97. The smallest absolute Gasteiger partial charge is 0.228 e. The highest BCUT2D eigenvalue weighted by molar-refractivity contribution is 6.35. The van der Waals surface area contributed by atoms with Gasteiger partial charge in [0.25, 0.3) is 0 Å². The van der Waals surface area contributed by atoms with Crippen LogP contribution in [0.4, 0.5) is 5.69 Å². The normalized spacial score (nSPS) is 18.4. The van der Waals surface area contributed by atoms with Gasteiger partial charge in [-0.2, -0.15) is 0 Å². The molecule has 20 heavy (non-hydrogen) atoms. The summed E-state index contributed by atoms with van der Waals surface area (Å²) in [7, 11) is 0. The fraction of sp³-hybridized carbons (Fsp3) is 0.333. The van der Waals surface area contributed by atoms with Gasteiger partial charge in [0.1, 0.15) is 0 Å². The monoisotopic (exact) mass is 289 g/mol. The molecule has 0 spiro atoms. The number of carbonyl (C=O) groups excluding carboxylic acids is 1. The van der Waals surface area contributed by atoms with E-state index in [0.717, 1.165) is 36.0 Å². The second-order valence-electron chi connectivity index (χ2n) is 5.13. The summed E-state index contributed by atoms with van der Waals surface area (Å²) in [6.45, 7) is 3.58. The van der Waals surface area contributed by atoms with Crippen molar-refractivity contribution in [1.82, 2.24) is 10.3 Å². The Bertz CT molecular complexity index is 665. The molecule has 2 heterocycles. The summed E-state index contributed by atoms with van der Waals surface area (Å²) in [6, 6.07) is 5.63. The molecule has 2 aromatic rings. The molecule has 2 N–H and O–H groups in total. The molecular weight excluding hydrogens is 274 g/mol. The van der Waals surface area contributed by atoms with Gasteiger partial charge in [-0.05, 0) is 43.7 Å². The van der Waals surface area contributed by atoms with Gasteiger partial charge in [0.2, 0.25) is 5.91 Å². The van der Waals surface area contributed by atoms with Gasteiger partial charge in [0.15, 0.2) is 0 Å². The van der Waals surface area contributed by atoms with Crippen molar-refractivity contribution in [3.8, 4) is 0 Å². The zero-order valence-corrected chi connectivity index (χ0v) is 12.0. The molecule has 1 aromatic carbocycles. The predicted molar refractivity (Wildman–Crippen MR) is 81.1 cm³/mol. The molecular formula is C15H16ClN3O. The zero-order chi connectivity index (χ0) is 14.1. The lowest BCUT2D eigenvalue weighted by atomic mass is 10.1. The predicted octanol–water partition coefficient (Wildman–Crippen LogP) is 2.74. The number of hydrogen-bond acceptors (Lipinski definition) is 3. The lowest BCUT2D eigenvalue weighted by molar-refractivity contribution is -0.119. The standard InChI is InChI=1S/C15H16ClN3O/c1-9-7-12(16)14(11-3-2-5-18-13(9)11)19-15(20)10-4-6-17-8-10/h2-3,5,7,10,17H,4,6,8H2,1H3,(H,19,20). The zero-order valence-electron chi connectivity index (χ0n) is 11.2. The molecule has 1 atom stereocenters. The highest BCUT2D eigenvalue weighted by Gasteiger charge is 2.23. The minimum Gasteiger partial charge on any atom is -0.324 e.